The number of nitrogens with one attached hydrogen (secondary N) is 1. The van der Waals surface area contributed by atoms with Gasteiger partial charge < -0.3 is 14.8 Å². The Kier molecular flexibility index (Phi) is 5.02. The first-order valence-corrected chi connectivity index (χ1v) is 6.61. The molecule has 1 heterocycles. The van der Waals surface area contributed by atoms with Gasteiger partial charge in [0.25, 0.3) is 5.91 Å². The fourth-order valence-electron chi connectivity index (χ4n) is 1.93. The van der Waals surface area contributed by atoms with Gasteiger partial charge in [0.2, 0.25) is 0 Å². The predicted octanol–water partition coefficient (Wildman–Crippen LogP) is 2.37. The second-order valence-corrected chi connectivity index (χ2v) is 4.73. The fourth-order valence-corrected chi connectivity index (χ4v) is 1.93. The van der Waals surface area contributed by atoms with E-state index < -0.39 is 36.3 Å². The number of ether oxygens (including phenoxy) is 2. The normalized spacial score (nSPS) is 18.0. The van der Waals surface area contributed by atoms with Crippen molar-refractivity contribution < 1.29 is 32.2 Å². The maximum absolute atomic E-state index is 12.4. The molecular weight excluding hydrogens is 303 g/mol. The number of amides is 1. The van der Waals surface area contributed by atoms with Crippen molar-refractivity contribution in [3.63, 3.8) is 0 Å². The number of halogens is 3. The highest BCUT2D eigenvalue weighted by Crippen LogP contribution is 2.29. The zero-order chi connectivity index (χ0) is 16.2. The van der Waals surface area contributed by atoms with E-state index >= 15 is 0 Å². The molecule has 1 atom stereocenters. The molecule has 1 aromatic rings. The number of alkyl halides is 3. The van der Waals surface area contributed by atoms with Gasteiger partial charge in [-0.3, -0.25) is 4.79 Å². The lowest BCUT2D eigenvalue weighted by Gasteiger charge is -2.11. The van der Waals surface area contributed by atoms with Crippen LogP contribution in [0.25, 0.3) is 0 Å². The Morgan fingerprint density at radius 2 is 1.95 bits per heavy atom. The average Bonchev–Trinajstić information content (AvgIpc) is 2.98. The number of hydrogen-bond donors (Lipinski definition) is 1. The van der Waals surface area contributed by atoms with E-state index in [-0.39, 0.29) is 5.69 Å². The van der Waals surface area contributed by atoms with Crippen molar-refractivity contribution >= 4 is 17.6 Å². The van der Waals surface area contributed by atoms with Gasteiger partial charge in [-0.2, -0.15) is 13.2 Å². The quantitative estimate of drug-likeness (QED) is 0.866. The summed E-state index contributed by atoms with van der Waals surface area (Å²) in [5, 5.41) is 2.34. The first-order valence-electron chi connectivity index (χ1n) is 6.61. The second kappa shape index (κ2) is 6.78. The van der Waals surface area contributed by atoms with E-state index in [1.807, 2.05) is 0 Å². The van der Waals surface area contributed by atoms with Crippen LogP contribution in [0, 0.1) is 0 Å². The molecular formula is C14H14F3NO4. The van der Waals surface area contributed by atoms with E-state index in [0.717, 1.165) is 30.7 Å². The molecule has 1 aliphatic rings. The molecule has 1 aromatic carbocycles. The van der Waals surface area contributed by atoms with Crippen LogP contribution in [0.4, 0.5) is 18.9 Å². The number of hydrogen-bond acceptors (Lipinski definition) is 4. The van der Waals surface area contributed by atoms with E-state index in [9.17, 15) is 22.8 Å². The third kappa shape index (κ3) is 4.45. The minimum atomic E-state index is -4.43. The summed E-state index contributed by atoms with van der Waals surface area (Å²) in [6, 6.07) is 3.97. The summed E-state index contributed by atoms with van der Waals surface area (Å²) in [6.45, 7) is -0.0305. The first-order chi connectivity index (χ1) is 10.4. The molecule has 5 nitrogen and oxygen atoms in total. The highest BCUT2D eigenvalue weighted by Gasteiger charge is 2.30. The minimum Gasteiger partial charge on any atom is -0.454 e. The van der Waals surface area contributed by atoms with Gasteiger partial charge >= 0.3 is 12.1 Å². The van der Waals surface area contributed by atoms with E-state index in [4.69, 9.17) is 9.47 Å². The molecule has 0 aliphatic carbocycles. The zero-order valence-corrected chi connectivity index (χ0v) is 11.5. The molecule has 1 aliphatic heterocycles. The van der Waals surface area contributed by atoms with Crippen molar-refractivity contribution in [2.24, 2.45) is 0 Å². The van der Waals surface area contributed by atoms with Crippen LogP contribution in [0.2, 0.25) is 0 Å². The summed E-state index contributed by atoms with van der Waals surface area (Å²) in [6.07, 6.45) is -3.75. The average molecular weight is 317 g/mol. The van der Waals surface area contributed by atoms with Crippen molar-refractivity contribution in [2.45, 2.75) is 25.1 Å². The maximum atomic E-state index is 12.4. The van der Waals surface area contributed by atoms with Gasteiger partial charge in [-0.1, -0.05) is 0 Å². The zero-order valence-electron chi connectivity index (χ0n) is 11.5. The maximum Gasteiger partial charge on any atom is 0.416 e. The van der Waals surface area contributed by atoms with Gasteiger partial charge in [-0.05, 0) is 37.1 Å². The largest absolute Gasteiger partial charge is 0.454 e. The summed E-state index contributed by atoms with van der Waals surface area (Å²) >= 11 is 0. The summed E-state index contributed by atoms with van der Waals surface area (Å²) in [5.41, 5.74) is -0.624. The summed E-state index contributed by atoms with van der Waals surface area (Å²) < 4.78 is 47.0. The van der Waals surface area contributed by atoms with Crippen LogP contribution in [0.5, 0.6) is 0 Å². The van der Waals surface area contributed by atoms with Crippen LogP contribution in [0.15, 0.2) is 24.3 Å². The molecule has 22 heavy (non-hydrogen) atoms. The van der Waals surface area contributed by atoms with Gasteiger partial charge in [-0.15, -0.1) is 0 Å². The molecule has 1 fully saturated rings. The Hall–Kier alpha value is -2.09. The smallest absolute Gasteiger partial charge is 0.416 e. The molecule has 1 unspecified atom stereocenters. The molecule has 8 heteroatoms. The number of carbonyl (C=O) groups is 2. The topological polar surface area (TPSA) is 64.6 Å². The second-order valence-electron chi connectivity index (χ2n) is 4.73. The van der Waals surface area contributed by atoms with Crippen molar-refractivity contribution in [3.8, 4) is 0 Å². The third-order valence-corrected chi connectivity index (χ3v) is 3.03. The minimum absolute atomic E-state index is 0.186. The van der Waals surface area contributed by atoms with Crippen LogP contribution in [-0.4, -0.2) is 31.2 Å². The van der Waals surface area contributed by atoms with Crippen LogP contribution in [-0.2, 0) is 25.2 Å². The summed E-state index contributed by atoms with van der Waals surface area (Å²) in [5.74, 6) is -1.24. The molecule has 120 valence electrons. The number of carbonyl (C=O) groups excluding carboxylic acids is 2. The first kappa shape index (κ1) is 16.3. The molecule has 0 bridgehead atoms. The molecule has 0 saturated carbocycles. The Bertz CT molecular complexity index is 536. The van der Waals surface area contributed by atoms with Crippen LogP contribution in [0.1, 0.15) is 18.4 Å². The monoisotopic (exact) mass is 317 g/mol. The third-order valence-electron chi connectivity index (χ3n) is 3.03. The Morgan fingerprint density at radius 1 is 1.27 bits per heavy atom. The number of rotatable bonds is 4. The molecule has 0 aromatic heterocycles. The molecule has 1 amide bonds. The Labute approximate surface area is 124 Å². The number of benzene rings is 1. The fraction of sp³-hybridized carbons (Fsp3) is 0.429. The van der Waals surface area contributed by atoms with Crippen molar-refractivity contribution in [1.82, 2.24) is 0 Å². The van der Waals surface area contributed by atoms with Crippen molar-refractivity contribution in [1.29, 1.82) is 0 Å². The molecule has 0 spiro atoms. The lowest BCUT2D eigenvalue weighted by Crippen LogP contribution is -2.27. The van der Waals surface area contributed by atoms with Crippen molar-refractivity contribution in [3.05, 3.63) is 29.8 Å². The van der Waals surface area contributed by atoms with E-state index in [1.54, 1.807) is 0 Å². The van der Waals surface area contributed by atoms with Crippen LogP contribution in [0.3, 0.4) is 0 Å². The van der Waals surface area contributed by atoms with Gasteiger partial charge in [0.05, 0.1) is 5.56 Å². The van der Waals surface area contributed by atoms with Gasteiger partial charge in [0.1, 0.15) is 0 Å². The van der Waals surface area contributed by atoms with Gasteiger partial charge in [-0.25, -0.2) is 4.79 Å². The van der Waals surface area contributed by atoms with E-state index in [1.165, 1.54) is 0 Å². The summed E-state index contributed by atoms with van der Waals surface area (Å²) in [7, 11) is 0. The summed E-state index contributed by atoms with van der Waals surface area (Å²) in [4.78, 5) is 23.1. The predicted molar refractivity (Wildman–Crippen MR) is 70.0 cm³/mol. The van der Waals surface area contributed by atoms with Crippen LogP contribution >= 0.6 is 0 Å². The molecule has 1 saturated heterocycles. The van der Waals surface area contributed by atoms with Gasteiger partial charge in [0, 0.05) is 12.3 Å². The van der Waals surface area contributed by atoms with E-state index in [2.05, 4.69) is 5.32 Å². The van der Waals surface area contributed by atoms with Gasteiger partial charge in [0.15, 0.2) is 12.7 Å². The number of esters is 1. The Morgan fingerprint density at radius 3 is 2.50 bits per heavy atom. The molecule has 1 N–H and O–H groups in total. The lowest BCUT2D eigenvalue weighted by atomic mass is 10.2. The van der Waals surface area contributed by atoms with Crippen molar-refractivity contribution in [2.75, 3.05) is 18.5 Å². The lowest BCUT2D eigenvalue weighted by molar-refractivity contribution is -0.156. The highest BCUT2D eigenvalue weighted by molar-refractivity contribution is 5.93. The highest BCUT2D eigenvalue weighted by atomic mass is 19.4. The number of anilines is 1. The molecule has 0 radical (unpaired) electrons. The van der Waals surface area contributed by atoms with E-state index in [0.29, 0.717) is 13.0 Å². The molecule has 2 rings (SSSR count). The van der Waals surface area contributed by atoms with Crippen LogP contribution < -0.4 is 5.32 Å². The Balaban J connectivity index is 1.80. The SMILES string of the molecule is O=C(COC(=O)C1CCCO1)Nc1ccc(C(F)(F)F)cc1. The standard InChI is InChI=1S/C14H14F3NO4/c15-14(16,17)9-3-5-10(6-4-9)18-12(19)8-22-13(20)11-2-1-7-21-11/h3-6,11H,1-2,7-8H2,(H,18,19).